The number of carboxylic acid groups (broad SMARTS) is 1. The molecule has 0 amide bonds. The molecule has 2 aliphatic rings. The number of halogens is 2. The Hall–Kier alpha value is -1.01. The number of hydrogen-bond acceptors (Lipinski definition) is 4. The van der Waals surface area contributed by atoms with Crippen molar-refractivity contribution in [1.82, 2.24) is 4.90 Å². The first-order chi connectivity index (χ1) is 11.8. The maximum Gasteiger partial charge on any atom is 0.335 e. The third-order valence-corrected chi connectivity index (χ3v) is 5.21. The zero-order valence-corrected chi connectivity index (χ0v) is 17.8. The van der Waals surface area contributed by atoms with E-state index in [1.807, 2.05) is 26.0 Å². The molecule has 0 bridgehead atoms. The van der Waals surface area contributed by atoms with Crippen molar-refractivity contribution < 1.29 is 15.0 Å². The summed E-state index contributed by atoms with van der Waals surface area (Å²) >= 11 is 0. The second kappa shape index (κ2) is 9.97. The van der Waals surface area contributed by atoms with E-state index in [2.05, 4.69) is 9.80 Å². The number of nitrogens with zero attached hydrogens (tertiary/aromatic N) is 2. The zero-order valence-electron chi connectivity index (χ0n) is 16.1. The van der Waals surface area contributed by atoms with Gasteiger partial charge in [-0.1, -0.05) is 0 Å². The number of carboxylic acids is 1. The van der Waals surface area contributed by atoms with E-state index in [1.54, 1.807) is 12.1 Å². The molecule has 27 heavy (non-hydrogen) atoms. The first-order valence-electron chi connectivity index (χ1n) is 9.36. The van der Waals surface area contributed by atoms with Crippen LogP contribution in [0.2, 0.25) is 0 Å². The first kappa shape index (κ1) is 24.0. The topological polar surface area (TPSA) is 64.0 Å². The molecule has 1 aromatic rings. The Morgan fingerprint density at radius 2 is 1.67 bits per heavy atom. The maximum absolute atomic E-state index is 11.1. The highest BCUT2D eigenvalue weighted by molar-refractivity contribution is 5.88. The van der Waals surface area contributed by atoms with E-state index >= 15 is 0 Å². The van der Waals surface area contributed by atoms with Crippen LogP contribution in [0.1, 0.15) is 49.9 Å². The number of anilines is 1. The minimum Gasteiger partial charge on any atom is -0.478 e. The van der Waals surface area contributed by atoms with Crippen molar-refractivity contribution in [3.63, 3.8) is 0 Å². The fourth-order valence-electron chi connectivity index (χ4n) is 3.78. The van der Waals surface area contributed by atoms with Gasteiger partial charge in [-0.25, -0.2) is 4.79 Å². The molecule has 7 heteroatoms. The smallest absolute Gasteiger partial charge is 0.335 e. The fraction of sp³-hybridized carbons (Fsp3) is 0.650. The minimum atomic E-state index is -0.875. The van der Waals surface area contributed by atoms with Gasteiger partial charge in [0.1, 0.15) is 0 Å². The fourth-order valence-corrected chi connectivity index (χ4v) is 3.78. The van der Waals surface area contributed by atoms with Crippen LogP contribution in [0.5, 0.6) is 0 Å². The predicted molar refractivity (Wildman–Crippen MR) is 114 cm³/mol. The number of aromatic carboxylic acids is 1. The van der Waals surface area contributed by atoms with Crippen LogP contribution >= 0.6 is 24.8 Å². The van der Waals surface area contributed by atoms with Crippen molar-refractivity contribution in [2.45, 2.75) is 51.2 Å². The highest BCUT2D eigenvalue weighted by Gasteiger charge is 2.31. The molecular weight excluding hydrogens is 387 g/mol. The lowest BCUT2D eigenvalue weighted by Crippen LogP contribution is -2.49. The molecule has 0 radical (unpaired) electrons. The molecule has 0 unspecified atom stereocenters. The van der Waals surface area contributed by atoms with E-state index < -0.39 is 11.6 Å². The number of likely N-dealkylation sites (tertiary alicyclic amines) is 1. The van der Waals surface area contributed by atoms with Crippen LogP contribution in [0, 0.1) is 5.92 Å². The number of hydrogen-bond donors (Lipinski definition) is 2. The van der Waals surface area contributed by atoms with Gasteiger partial charge < -0.3 is 20.0 Å². The van der Waals surface area contributed by atoms with Gasteiger partial charge in [0, 0.05) is 37.9 Å². The Balaban J connectivity index is 0.00000182. The van der Waals surface area contributed by atoms with Crippen molar-refractivity contribution >= 4 is 36.5 Å². The summed E-state index contributed by atoms with van der Waals surface area (Å²) in [5.41, 5.74) is 0.834. The molecule has 0 atom stereocenters. The molecular formula is C20H32Cl2N2O3. The summed E-state index contributed by atoms with van der Waals surface area (Å²) in [5.74, 6) is -0.0891. The van der Waals surface area contributed by atoms with Crippen molar-refractivity contribution in [2.75, 3.05) is 31.1 Å². The van der Waals surface area contributed by atoms with E-state index in [1.165, 1.54) is 12.8 Å². The third-order valence-electron chi connectivity index (χ3n) is 5.21. The van der Waals surface area contributed by atoms with Crippen molar-refractivity contribution in [3.05, 3.63) is 29.8 Å². The lowest BCUT2D eigenvalue weighted by atomic mass is 9.99. The second-order valence-corrected chi connectivity index (χ2v) is 8.27. The van der Waals surface area contributed by atoms with Crippen LogP contribution in [0.4, 0.5) is 5.69 Å². The summed E-state index contributed by atoms with van der Waals surface area (Å²) in [6.45, 7) is 7.52. The van der Waals surface area contributed by atoms with Gasteiger partial charge in [-0.15, -0.1) is 24.8 Å². The molecule has 154 valence electrons. The highest BCUT2D eigenvalue weighted by atomic mass is 35.5. The second-order valence-electron chi connectivity index (χ2n) is 8.27. The Labute approximate surface area is 174 Å². The van der Waals surface area contributed by atoms with Crippen LogP contribution in [-0.2, 0) is 0 Å². The van der Waals surface area contributed by atoms with E-state index in [9.17, 15) is 9.90 Å². The van der Waals surface area contributed by atoms with Crippen LogP contribution in [0.3, 0.4) is 0 Å². The van der Waals surface area contributed by atoms with Gasteiger partial charge in [-0.05, 0) is 69.7 Å². The van der Waals surface area contributed by atoms with Gasteiger partial charge >= 0.3 is 5.97 Å². The predicted octanol–water partition coefficient (Wildman–Crippen LogP) is 3.68. The summed E-state index contributed by atoms with van der Waals surface area (Å²) in [5, 5.41) is 19.1. The molecule has 1 saturated heterocycles. The summed E-state index contributed by atoms with van der Waals surface area (Å²) < 4.78 is 0. The van der Waals surface area contributed by atoms with Gasteiger partial charge in [0.05, 0.1) is 11.2 Å². The Kier molecular flexibility index (Phi) is 8.87. The van der Waals surface area contributed by atoms with E-state index in [0.29, 0.717) is 11.6 Å². The van der Waals surface area contributed by atoms with Gasteiger partial charge in [0.15, 0.2) is 0 Å². The number of benzene rings is 1. The molecule has 1 saturated carbocycles. The Bertz CT molecular complexity index is 592. The Morgan fingerprint density at radius 1 is 1.11 bits per heavy atom. The standard InChI is InChI=1S/C20H30N2O3.2ClH/c1-20(2,25)14-21-11-9-18(10-12-21)22(13-15-3-4-15)17-7-5-16(6-8-17)19(23)24;;/h5-8,15,18,25H,3-4,9-14H2,1-2H3,(H,23,24);2*1H. The molecule has 2 fully saturated rings. The average Bonchev–Trinajstić information content (AvgIpc) is 3.36. The summed E-state index contributed by atoms with van der Waals surface area (Å²) in [6, 6.07) is 7.82. The van der Waals surface area contributed by atoms with Crippen molar-refractivity contribution in [1.29, 1.82) is 0 Å². The van der Waals surface area contributed by atoms with Gasteiger partial charge in [-0.2, -0.15) is 0 Å². The number of carbonyl (C=O) groups is 1. The third kappa shape index (κ3) is 7.15. The number of aliphatic hydroxyl groups is 1. The largest absolute Gasteiger partial charge is 0.478 e. The number of rotatable bonds is 7. The van der Waals surface area contributed by atoms with Crippen molar-refractivity contribution in [3.8, 4) is 0 Å². The molecule has 1 aromatic carbocycles. The first-order valence-corrected chi connectivity index (χ1v) is 9.36. The summed E-state index contributed by atoms with van der Waals surface area (Å²) in [4.78, 5) is 15.9. The van der Waals surface area contributed by atoms with Crippen LogP contribution in [0.15, 0.2) is 24.3 Å². The van der Waals surface area contributed by atoms with E-state index in [4.69, 9.17) is 5.11 Å². The SMILES string of the molecule is CC(C)(O)CN1CCC(N(CC2CC2)c2ccc(C(=O)O)cc2)CC1.Cl.Cl. The molecule has 0 aromatic heterocycles. The zero-order chi connectivity index (χ0) is 18.0. The summed E-state index contributed by atoms with van der Waals surface area (Å²) in [7, 11) is 0. The number of piperidine rings is 1. The highest BCUT2D eigenvalue weighted by Crippen LogP contribution is 2.34. The van der Waals surface area contributed by atoms with Gasteiger partial charge in [-0.3, -0.25) is 0 Å². The van der Waals surface area contributed by atoms with Crippen LogP contribution in [0.25, 0.3) is 0 Å². The number of β-amino-alcohol motifs (C(OH)–C–C–N with tert-alkyl or cyclic N) is 1. The Morgan fingerprint density at radius 3 is 2.11 bits per heavy atom. The van der Waals surface area contributed by atoms with Crippen LogP contribution in [-0.4, -0.2) is 58.9 Å². The molecule has 5 nitrogen and oxygen atoms in total. The molecule has 1 aliphatic heterocycles. The summed E-state index contributed by atoms with van der Waals surface area (Å²) in [6.07, 6.45) is 4.79. The van der Waals surface area contributed by atoms with Crippen LogP contribution < -0.4 is 4.90 Å². The van der Waals surface area contributed by atoms with E-state index in [-0.39, 0.29) is 24.8 Å². The average molecular weight is 419 g/mol. The molecule has 1 aliphatic carbocycles. The minimum absolute atomic E-state index is 0. The molecule has 3 rings (SSSR count). The monoisotopic (exact) mass is 418 g/mol. The van der Waals surface area contributed by atoms with Gasteiger partial charge in [0.25, 0.3) is 0 Å². The van der Waals surface area contributed by atoms with Gasteiger partial charge in [0.2, 0.25) is 0 Å². The molecule has 0 spiro atoms. The lowest BCUT2D eigenvalue weighted by molar-refractivity contribution is 0.0280. The lowest BCUT2D eigenvalue weighted by Gasteiger charge is -2.41. The van der Waals surface area contributed by atoms with E-state index in [0.717, 1.165) is 50.6 Å². The molecule has 1 heterocycles. The quantitative estimate of drug-likeness (QED) is 0.706. The van der Waals surface area contributed by atoms with Crippen molar-refractivity contribution in [2.24, 2.45) is 5.92 Å². The normalized spacial score (nSPS) is 18.3. The molecule has 2 N–H and O–H groups in total. The maximum atomic E-state index is 11.1.